The standard InChI is InChI=1S/C41H50N6O6/c1-39(2,3)53-38(51)45-40(4,5)36(49)43-33(27-52-26-29-15-9-7-10-16-29)35(48)44-34-25-47(28-42-34)41(6,37(50)46-23-13-14-24-46)32-21-19-31(20-22-32)30-17-11-8-12-18-30/h7-12,15-22,25,28,33H,13-14,23-24,26-27H2,1-6H3,(H,43,49)(H,44,48)(H,45,51). The highest BCUT2D eigenvalue weighted by molar-refractivity contribution is 5.99. The van der Waals surface area contributed by atoms with Gasteiger partial charge < -0.3 is 34.9 Å². The van der Waals surface area contributed by atoms with Crippen LogP contribution < -0.4 is 16.0 Å². The van der Waals surface area contributed by atoms with Crippen LogP contribution in [0.1, 0.15) is 65.5 Å². The fourth-order valence-corrected chi connectivity index (χ4v) is 6.08. The molecule has 3 N–H and O–H groups in total. The minimum absolute atomic E-state index is 0.0723. The number of aromatic nitrogens is 2. The molecule has 0 saturated carbocycles. The van der Waals surface area contributed by atoms with Crippen molar-refractivity contribution in [2.24, 2.45) is 0 Å². The topological polar surface area (TPSA) is 144 Å². The summed E-state index contributed by atoms with van der Waals surface area (Å²) in [6.07, 6.45) is 4.25. The summed E-state index contributed by atoms with van der Waals surface area (Å²) in [5.41, 5.74) is 0.378. The average molecular weight is 723 g/mol. The first-order valence-electron chi connectivity index (χ1n) is 17.9. The molecule has 12 heteroatoms. The second-order valence-corrected chi connectivity index (χ2v) is 14.9. The largest absolute Gasteiger partial charge is 0.444 e. The van der Waals surface area contributed by atoms with Crippen LogP contribution in [0.15, 0.2) is 97.5 Å². The Hall–Kier alpha value is -5.49. The van der Waals surface area contributed by atoms with E-state index in [1.807, 2.05) is 96.8 Å². The third-order valence-corrected chi connectivity index (χ3v) is 9.11. The molecule has 1 aliphatic rings. The van der Waals surface area contributed by atoms with E-state index < -0.39 is 40.6 Å². The van der Waals surface area contributed by atoms with Crippen LogP contribution in [0.4, 0.5) is 10.6 Å². The van der Waals surface area contributed by atoms with Gasteiger partial charge in [-0.15, -0.1) is 0 Å². The van der Waals surface area contributed by atoms with Crippen LogP contribution >= 0.6 is 0 Å². The predicted octanol–water partition coefficient (Wildman–Crippen LogP) is 5.88. The Labute approximate surface area is 311 Å². The minimum Gasteiger partial charge on any atom is -0.444 e. The van der Waals surface area contributed by atoms with Crippen molar-refractivity contribution in [1.82, 2.24) is 25.1 Å². The van der Waals surface area contributed by atoms with Gasteiger partial charge in [0.25, 0.3) is 11.8 Å². The molecule has 2 atom stereocenters. The number of nitrogens with one attached hydrogen (secondary N) is 3. The van der Waals surface area contributed by atoms with Gasteiger partial charge in [0.05, 0.1) is 19.5 Å². The van der Waals surface area contributed by atoms with E-state index >= 15 is 0 Å². The van der Waals surface area contributed by atoms with Crippen molar-refractivity contribution < 1.29 is 28.7 Å². The molecule has 0 aliphatic carbocycles. The Morgan fingerprint density at radius 2 is 1.42 bits per heavy atom. The van der Waals surface area contributed by atoms with Crippen LogP contribution in [0.3, 0.4) is 0 Å². The number of carbonyl (C=O) groups is 4. The molecule has 12 nitrogen and oxygen atoms in total. The lowest BCUT2D eigenvalue weighted by Crippen LogP contribution is -2.59. The van der Waals surface area contributed by atoms with Crippen molar-refractivity contribution in [3.05, 3.63) is 109 Å². The van der Waals surface area contributed by atoms with Gasteiger partial charge in [0.1, 0.15) is 22.7 Å². The van der Waals surface area contributed by atoms with E-state index in [9.17, 15) is 19.2 Å². The van der Waals surface area contributed by atoms with Gasteiger partial charge in [0, 0.05) is 19.3 Å². The van der Waals surface area contributed by atoms with Crippen LogP contribution in [-0.2, 0) is 36.0 Å². The lowest BCUT2D eigenvalue weighted by Gasteiger charge is -2.34. The van der Waals surface area contributed by atoms with E-state index in [0.717, 1.165) is 35.1 Å². The van der Waals surface area contributed by atoms with Gasteiger partial charge in [-0.05, 0) is 76.6 Å². The van der Waals surface area contributed by atoms with Gasteiger partial charge in [0.15, 0.2) is 5.82 Å². The van der Waals surface area contributed by atoms with Crippen LogP contribution in [0.25, 0.3) is 11.1 Å². The number of hydrogen-bond acceptors (Lipinski definition) is 7. The molecule has 0 radical (unpaired) electrons. The number of alkyl carbamates (subject to hydrolysis) is 1. The summed E-state index contributed by atoms with van der Waals surface area (Å²) in [7, 11) is 0. The zero-order valence-corrected chi connectivity index (χ0v) is 31.3. The number of nitrogens with zero attached hydrogens (tertiary/aromatic N) is 3. The molecule has 1 aromatic heterocycles. The maximum atomic E-state index is 14.3. The van der Waals surface area contributed by atoms with E-state index in [1.165, 1.54) is 20.2 Å². The number of anilines is 1. The fraction of sp³-hybridized carbons (Fsp3) is 0.390. The lowest BCUT2D eigenvalue weighted by molar-refractivity contribution is -0.137. The molecule has 1 fully saturated rings. The third-order valence-electron chi connectivity index (χ3n) is 9.11. The lowest BCUT2D eigenvalue weighted by atomic mass is 9.88. The minimum atomic E-state index is -1.43. The number of rotatable bonds is 13. The van der Waals surface area contributed by atoms with Crippen LogP contribution in [-0.4, -0.2) is 75.1 Å². The summed E-state index contributed by atoms with van der Waals surface area (Å²) in [4.78, 5) is 60.4. The first kappa shape index (κ1) is 38.7. The van der Waals surface area contributed by atoms with E-state index in [1.54, 1.807) is 31.5 Å². The smallest absolute Gasteiger partial charge is 0.408 e. The molecular weight excluding hydrogens is 672 g/mol. The van der Waals surface area contributed by atoms with Crippen molar-refractivity contribution in [1.29, 1.82) is 0 Å². The normalized spacial score (nSPS) is 14.9. The van der Waals surface area contributed by atoms with Gasteiger partial charge in [-0.2, -0.15) is 0 Å². The first-order chi connectivity index (χ1) is 25.2. The summed E-state index contributed by atoms with van der Waals surface area (Å²) in [5, 5.41) is 8.10. The highest BCUT2D eigenvalue weighted by atomic mass is 16.6. The van der Waals surface area contributed by atoms with Gasteiger partial charge in [-0.25, -0.2) is 9.78 Å². The number of benzene rings is 3. The number of likely N-dealkylation sites (tertiary alicyclic amines) is 1. The summed E-state index contributed by atoms with van der Waals surface area (Å²) in [6.45, 7) is 11.4. The summed E-state index contributed by atoms with van der Waals surface area (Å²) in [5.74, 6) is -1.11. The highest BCUT2D eigenvalue weighted by Gasteiger charge is 2.41. The molecule has 1 saturated heterocycles. The molecule has 0 spiro atoms. The zero-order valence-electron chi connectivity index (χ0n) is 31.3. The average Bonchev–Trinajstić information content (AvgIpc) is 3.84. The molecule has 2 unspecified atom stereocenters. The van der Waals surface area contributed by atoms with E-state index in [0.29, 0.717) is 13.1 Å². The number of carbonyl (C=O) groups excluding carboxylic acids is 4. The summed E-state index contributed by atoms with van der Waals surface area (Å²) < 4.78 is 12.9. The molecule has 2 heterocycles. The Kier molecular flexibility index (Phi) is 12.0. The summed E-state index contributed by atoms with van der Waals surface area (Å²) >= 11 is 0. The van der Waals surface area contributed by atoms with E-state index in [-0.39, 0.29) is 24.9 Å². The zero-order chi connectivity index (χ0) is 38.2. The van der Waals surface area contributed by atoms with Crippen LogP contribution in [0.2, 0.25) is 0 Å². The summed E-state index contributed by atoms with van der Waals surface area (Å²) in [6, 6.07) is 26.2. The first-order valence-corrected chi connectivity index (χ1v) is 17.9. The van der Waals surface area contributed by atoms with Crippen molar-refractivity contribution in [2.45, 2.75) is 83.7 Å². The van der Waals surface area contributed by atoms with Crippen molar-refractivity contribution in [3.63, 3.8) is 0 Å². The van der Waals surface area contributed by atoms with E-state index in [2.05, 4.69) is 20.9 Å². The van der Waals surface area contributed by atoms with Gasteiger partial charge in [0.2, 0.25) is 5.91 Å². The Morgan fingerprint density at radius 3 is 2.04 bits per heavy atom. The number of hydrogen-bond donors (Lipinski definition) is 3. The molecule has 0 bridgehead atoms. The molecule has 53 heavy (non-hydrogen) atoms. The molecule has 4 amide bonds. The monoisotopic (exact) mass is 722 g/mol. The quantitative estimate of drug-likeness (QED) is 0.156. The second-order valence-electron chi connectivity index (χ2n) is 14.9. The second kappa shape index (κ2) is 16.5. The maximum Gasteiger partial charge on any atom is 0.408 e. The van der Waals surface area contributed by atoms with Crippen LogP contribution in [0, 0.1) is 0 Å². The SMILES string of the molecule is CC(C)(C)OC(=O)NC(C)(C)C(=O)NC(COCc1ccccc1)C(=O)Nc1cn(C(C)(C(=O)N2CCCC2)c2ccc(-c3ccccc3)cc2)cn1. The van der Waals surface area contributed by atoms with E-state index in [4.69, 9.17) is 9.47 Å². The van der Waals surface area contributed by atoms with Crippen LogP contribution in [0.5, 0.6) is 0 Å². The molecule has 3 aromatic carbocycles. The fourth-order valence-electron chi connectivity index (χ4n) is 6.08. The molecular formula is C41H50N6O6. The van der Waals surface area contributed by atoms with Crippen molar-refractivity contribution >= 4 is 29.6 Å². The Bertz CT molecular complexity index is 1860. The Morgan fingerprint density at radius 1 is 0.811 bits per heavy atom. The van der Waals surface area contributed by atoms with Gasteiger partial charge >= 0.3 is 6.09 Å². The molecule has 280 valence electrons. The number of amides is 4. The van der Waals surface area contributed by atoms with Crippen molar-refractivity contribution in [2.75, 3.05) is 25.0 Å². The van der Waals surface area contributed by atoms with Gasteiger partial charge in [-0.1, -0.05) is 84.9 Å². The predicted molar refractivity (Wildman–Crippen MR) is 203 cm³/mol. The molecule has 1 aliphatic heterocycles. The van der Waals surface area contributed by atoms with Crippen molar-refractivity contribution in [3.8, 4) is 11.1 Å². The molecule has 4 aromatic rings. The number of ether oxygens (including phenoxy) is 2. The molecule has 5 rings (SSSR count). The maximum absolute atomic E-state index is 14.3. The number of imidazole rings is 1. The third kappa shape index (κ3) is 9.89. The Balaban J connectivity index is 1.37. The van der Waals surface area contributed by atoms with Gasteiger partial charge in [-0.3, -0.25) is 14.4 Å². The highest BCUT2D eigenvalue weighted by Crippen LogP contribution is 2.33.